The lowest BCUT2D eigenvalue weighted by Gasteiger charge is -2.36. The lowest BCUT2D eigenvalue weighted by Crippen LogP contribution is -2.50. The van der Waals surface area contributed by atoms with E-state index in [2.05, 4.69) is 52.4 Å². The molecule has 2 saturated heterocycles. The molecule has 0 saturated carbocycles. The SMILES string of the molecule is CCNC(=NCCCc1ccc(O)cc1)N1CC2OCCN(Cc3ccccc3)C2C1.I. The summed E-state index contributed by atoms with van der Waals surface area (Å²) in [6, 6.07) is 18.6. The number of rotatable bonds is 7. The number of aliphatic imine (C=N–C) groups is 1. The summed E-state index contributed by atoms with van der Waals surface area (Å²) < 4.78 is 6.13. The molecule has 174 valence electrons. The Bertz CT molecular complexity index is 847. The third-order valence-electron chi connectivity index (χ3n) is 6.10. The summed E-state index contributed by atoms with van der Waals surface area (Å²) in [6.07, 6.45) is 2.18. The number of halogens is 1. The van der Waals surface area contributed by atoms with Crippen LogP contribution in [0.25, 0.3) is 0 Å². The van der Waals surface area contributed by atoms with E-state index in [1.54, 1.807) is 12.1 Å². The summed E-state index contributed by atoms with van der Waals surface area (Å²) in [5, 5.41) is 12.9. The zero-order valence-corrected chi connectivity index (χ0v) is 21.2. The van der Waals surface area contributed by atoms with Gasteiger partial charge in [0.15, 0.2) is 5.96 Å². The Morgan fingerprint density at radius 3 is 2.62 bits per heavy atom. The molecular weight excluding hydrogens is 515 g/mol. The molecule has 2 aliphatic heterocycles. The molecule has 0 amide bonds. The van der Waals surface area contributed by atoms with Crippen LogP contribution in [0.4, 0.5) is 0 Å². The number of likely N-dealkylation sites (tertiary alicyclic amines) is 1. The van der Waals surface area contributed by atoms with Crippen molar-refractivity contribution in [2.45, 2.75) is 38.5 Å². The smallest absolute Gasteiger partial charge is 0.194 e. The molecule has 7 heteroatoms. The number of nitrogens with zero attached hydrogens (tertiary/aromatic N) is 3. The van der Waals surface area contributed by atoms with E-state index in [1.807, 2.05) is 12.1 Å². The molecule has 4 rings (SSSR count). The highest BCUT2D eigenvalue weighted by molar-refractivity contribution is 14.0. The molecule has 2 aliphatic rings. The van der Waals surface area contributed by atoms with Crippen molar-refractivity contribution in [1.82, 2.24) is 15.1 Å². The molecule has 2 fully saturated rings. The van der Waals surface area contributed by atoms with E-state index in [0.717, 1.165) is 64.7 Å². The molecule has 2 aromatic rings. The van der Waals surface area contributed by atoms with Crippen LogP contribution in [0, 0.1) is 0 Å². The van der Waals surface area contributed by atoms with Gasteiger partial charge in [-0.2, -0.15) is 0 Å². The van der Waals surface area contributed by atoms with E-state index in [0.29, 0.717) is 11.8 Å². The van der Waals surface area contributed by atoms with Crippen molar-refractivity contribution in [2.75, 3.05) is 39.3 Å². The number of aryl methyl sites for hydroxylation is 1. The van der Waals surface area contributed by atoms with Crippen molar-refractivity contribution in [3.63, 3.8) is 0 Å². The normalized spacial score (nSPS) is 21.2. The fourth-order valence-corrected chi connectivity index (χ4v) is 4.50. The molecule has 2 atom stereocenters. The third kappa shape index (κ3) is 6.59. The quantitative estimate of drug-likeness (QED) is 0.239. The van der Waals surface area contributed by atoms with E-state index < -0.39 is 0 Å². The number of aromatic hydroxyl groups is 1. The predicted molar refractivity (Wildman–Crippen MR) is 140 cm³/mol. The molecule has 0 aromatic heterocycles. The van der Waals surface area contributed by atoms with Gasteiger partial charge in [-0.25, -0.2) is 0 Å². The maximum absolute atomic E-state index is 9.42. The summed E-state index contributed by atoms with van der Waals surface area (Å²) in [6.45, 7) is 8.33. The molecule has 2 aromatic carbocycles. The van der Waals surface area contributed by atoms with Gasteiger partial charge in [0.25, 0.3) is 0 Å². The van der Waals surface area contributed by atoms with Crippen LogP contribution in [-0.4, -0.2) is 72.3 Å². The fourth-order valence-electron chi connectivity index (χ4n) is 4.50. The molecule has 2 N–H and O–H groups in total. The van der Waals surface area contributed by atoms with Crippen LogP contribution in [0.1, 0.15) is 24.5 Å². The number of hydrogen-bond acceptors (Lipinski definition) is 4. The minimum Gasteiger partial charge on any atom is -0.508 e. The predicted octanol–water partition coefficient (Wildman–Crippen LogP) is 3.49. The molecule has 0 bridgehead atoms. The number of phenolic OH excluding ortho intramolecular Hbond substituents is 1. The lowest BCUT2D eigenvalue weighted by molar-refractivity contribution is -0.0502. The van der Waals surface area contributed by atoms with Crippen molar-refractivity contribution in [3.8, 4) is 5.75 Å². The Hall–Kier alpha value is -1.84. The molecule has 0 spiro atoms. The van der Waals surface area contributed by atoms with Gasteiger partial charge in [-0.1, -0.05) is 42.5 Å². The monoisotopic (exact) mass is 550 g/mol. The maximum atomic E-state index is 9.42. The van der Waals surface area contributed by atoms with Gasteiger partial charge in [-0.3, -0.25) is 9.89 Å². The first-order chi connectivity index (χ1) is 15.2. The van der Waals surface area contributed by atoms with Gasteiger partial charge < -0.3 is 20.1 Å². The van der Waals surface area contributed by atoms with Crippen molar-refractivity contribution in [2.24, 2.45) is 4.99 Å². The maximum Gasteiger partial charge on any atom is 0.194 e. The van der Waals surface area contributed by atoms with Gasteiger partial charge in [0.1, 0.15) is 5.75 Å². The van der Waals surface area contributed by atoms with Crippen LogP contribution in [0.15, 0.2) is 59.6 Å². The number of morpholine rings is 1. The second-order valence-corrected chi connectivity index (χ2v) is 8.34. The second-order valence-electron chi connectivity index (χ2n) is 8.34. The van der Waals surface area contributed by atoms with E-state index in [1.165, 1.54) is 11.1 Å². The van der Waals surface area contributed by atoms with Gasteiger partial charge in [-0.15, -0.1) is 24.0 Å². The Morgan fingerprint density at radius 2 is 1.88 bits per heavy atom. The van der Waals surface area contributed by atoms with Crippen molar-refractivity contribution in [1.29, 1.82) is 0 Å². The van der Waals surface area contributed by atoms with Crippen LogP contribution >= 0.6 is 24.0 Å². The third-order valence-corrected chi connectivity index (χ3v) is 6.10. The van der Waals surface area contributed by atoms with Crippen LogP contribution in [-0.2, 0) is 17.7 Å². The highest BCUT2D eigenvalue weighted by Crippen LogP contribution is 2.24. The largest absolute Gasteiger partial charge is 0.508 e. The molecule has 0 aliphatic carbocycles. The molecule has 0 radical (unpaired) electrons. The summed E-state index contributed by atoms with van der Waals surface area (Å²) >= 11 is 0. The van der Waals surface area contributed by atoms with Crippen LogP contribution in [0.5, 0.6) is 5.75 Å². The Kier molecular flexibility index (Phi) is 9.62. The summed E-state index contributed by atoms with van der Waals surface area (Å²) in [5.41, 5.74) is 2.59. The second kappa shape index (κ2) is 12.4. The topological polar surface area (TPSA) is 60.3 Å². The highest BCUT2D eigenvalue weighted by Gasteiger charge is 2.41. The van der Waals surface area contributed by atoms with E-state index in [9.17, 15) is 5.11 Å². The Balaban J connectivity index is 0.00000289. The average molecular weight is 550 g/mol. The zero-order chi connectivity index (χ0) is 21.5. The first kappa shape index (κ1) is 24.8. The van der Waals surface area contributed by atoms with Crippen LogP contribution in [0.3, 0.4) is 0 Å². The number of fused-ring (bicyclic) bond motifs is 1. The van der Waals surface area contributed by atoms with Gasteiger partial charge in [-0.05, 0) is 43.0 Å². The van der Waals surface area contributed by atoms with Crippen molar-refractivity contribution < 1.29 is 9.84 Å². The minimum atomic E-state index is 0. The van der Waals surface area contributed by atoms with Crippen LogP contribution < -0.4 is 5.32 Å². The van der Waals surface area contributed by atoms with Crippen molar-refractivity contribution in [3.05, 3.63) is 65.7 Å². The summed E-state index contributed by atoms with van der Waals surface area (Å²) in [5.74, 6) is 1.31. The van der Waals surface area contributed by atoms with Gasteiger partial charge in [0.2, 0.25) is 0 Å². The van der Waals surface area contributed by atoms with E-state index in [-0.39, 0.29) is 30.1 Å². The Labute approximate surface area is 208 Å². The first-order valence-corrected chi connectivity index (χ1v) is 11.4. The van der Waals surface area contributed by atoms with Gasteiger partial charge in [0.05, 0.1) is 18.8 Å². The number of phenols is 1. The molecule has 2 unspecified atom stereocenters. The zero-order valence-electron chi connectivity index (χ0n) is 18.8. The number of guanidine groups is 1. The fraction of sp³-hybridized carbons (Fsp3) is 0.480. The number of hydrogen-bond donors (Lipinski definition) is 2. The van der Waals surface area contributed by atoms with Crippen molar-refractivity contribution >= 4 is 29.9 Å². The molecule has 6 nitrogen and oxygen atoms in total. The number of ether oxygens (including phenoxy) is 1. The van der Waals surface area contributed by atoms with Gasteiger partial charge in [0, 0.05) is 39.3 Å². The average Bonchev–Trinajstić information content (AvgIpc) is 3.23. The van der Waals surface area contributed by atoms with E-state index in [4.69, 9.17) is 9.73 Å². The van der Waals surface area contributed by atoms with Crippen LogP contribution in [0.2, 0.25) is 0 Å². The minimum absolute atomic E-state index is 0. The first-order valence-electron chi connectivity index (χ1n) is 11.4. The highest BCUT2D eigenvalue weighted by atomic mass is 127. The number of benzene rings is 2. The molecule has 32 heavy (non-hydrogen) atoms. The molecular formula is C25H35IN4O2. The lowest BCUT2D eigenvalue weighted by atomic mass is 10.1. The molecule has 2 heterocycles. The standard InChI is InChI=1S/C25H34N4O2.HI/c1-2-26-25(27-14-6-9-20-10-12-22(30)13-11-20)29-18-23-24(19-29)31-16-15-28(23)17-21-7-4-3-5-8-21;/h3-5,7-8,10-13,23-24,30H,2,6,9,14-19H2,1H3,(H,26,27);1H. The van der Waals surface area contributed by atoms with E-state index >= 15 is 0 Å². The van der Waals surface area contributed by atoms with Gasteiger partial charge >= 0.3 is 0 Å². The summed E-state index contributed by atoms with van der Waals surface area (Å²) in [4.78, 5) is 9.83. The Morgan fingerprint density at radius 1 is 1.09 bits per heavy atom. The summed E-state index contributed by atoms with van der Waals surface area (Å²) in [7, 11) is 0. The number of nitrogens with one attached hydrogen (secondary N) is 1.